The van der Waals surface area contributed by atoms with Crippen LogP contribution in [0.2, 0.25) is 0 Å². The van der Waals surface area contributed by atoms with Gasteiger partial charge in [0.25, 0.3) is 0 Å². The molecule has 0 spiro atoms. The van der Waals surface area contributed by atoms with Crippen LogP contribution in [-0.2, 0) is 11.2 Å². The monoisotopic (exact) mass is 292 g/mol. The van der Waals surface area contributed by atoms with Gasteiger partial charge in [-0.2, -0.15) is 0 Å². The fourth-order valence-corrected chi connectivity index (χ4v) is 1.77. The summed E-state index contributed by atoms with van der Waals surface area (Å²) in [5, 5.41) is 8.69. The highest BCUT2D eigenvalue weighted by Gasteiger charge is 2.20. The van der Waals surface area contributed by atoms with Crippen molar-refractivity contribution in [3.05, 3.63) is 21.9 Å². The summed E-state index contributed by atoms with van der Waals surface area (Å²) in [4.78, 5) is 10.6. The van der Waals surface area contributed by atoms with Crippen LogP contribution in [0.1, 0.15) is 5.56 Å². The molecule has 0 fully saturated rings. The summed E-state index contributed by atoms with van der Waals surface area (Å²) in [7, 11) is 2.73. The van der Waals surface area contributed by atoms with E-state index < -0.39 is 18.2 Å². The van der Waals surface area contributed by atoms with Gasteiger partial charge in [0.05, 0.1) is 25.1 Å². The molecule has 0 atom stereocenters. The number of halogens is 2. The Morgan fingerprint density at radius 1 is 1.50 bits per heavy atom. The number of benzene rings is 1. The first-order valence-electron chi connectivity index (χ1n) is 4.31. The van der Waals surface area contributed by atoms with Gasteiger partial charge in [0, 0.05) is 11.6 Å². The van der Waals surface area contributed by atoms with Gasteiger partial charge < -0.3 is 14.6 Å². The fraction of sp³-hybridized carbons (Fsp3) is 0.300. The lowest BCUT2D eigenvalue weighted by Crippen LogP contribution is -2.06. The highest BCUT2D eigenvalue weighted by Crippen LogP contribution is 2.37. The third-order valence-electron chi connectivity index (χ3n) is 1.98. The Balaban J connectivity index is 3.40. The topological polar surface area (TPSA) is 55.8 Å². The predicted octanol–water partition coefficient (Wildman–Crippen LogP) is 2.23. The van der Waals surface area contributed by atoms with Gasteiger partial charge in [-0.15, -0.1) is 0 Å². The molecule has 88 valence electrons. The summed E-state index contributed by atoms with van der Waals surface area (Å²) in [5.74, 6) is -1.41. The molecule has 0 heterocycles. The lowest BCUT2D eigenvalue weighted by atomic mass is 10.1. The third-order valence-corrected chi connectivity index (χ3v) is 2.56. The van der Waals surface area contributed by atoms with Gasteiger partial charge in [0.1, 0.15) is 5.82 Å². The van der Waals surface area contributed by atoms with Crippen molar-refractivity contribution in [2.45, 2.75) is 6.42 Å². The Bertz CT molecular complexity index is 420. The molecule has 6 heteroatoms. The second-order valence-electron chi connectivity index (χ2n) is 2.96. The number of hydrogen-bond acceptors (Lipinski definition) is 3. The molecule has 0 aliphatic carbocycles. The molecule has 4 nitrogen and oxygen atoms in total. The molecule has 16 heavy (non-hydrogen) atoms. The van der Waals surface area contributed by atoms with E-state index in [1.54, 1.807) is 0 Å². The summed E-state index contributed by atoms with van der Waals surface area (Å²) < 4.78 is 23.8. The minimum atomic E-state index is -1.14. The largest absolute Gasteiger partial charge is 0.493 e. The quantitative estimate of drug-likeness (QED) is 0.925. The molecule has 1 aromatic carbocycles. The molecule has 0 aliphatic heterocycles. The standard InChI is InChI=1S/C10H10BrFO4/c1-15-7-4-6(11)9(12)5(3-8(13)14)10(7)16-2/h4H,3H2,1-2H3,(H,13,14). The average molecular weight is 293 g/mol. The van der Waals surface area contributed by atoms with E-state index in [4.69, 9.17) is 14.6 Å². The van der Waals surface area contributed by atoms with Crippen molar-refractivity contribution in [2.24, 2.45) is 0 Å². The van der Waals surface area contributed by atoms with Crippen LogP contribution >= 0.6 is 15.9 Å². The first-order chi connectivity index (χ1) is 7.51. The van der Waals surface area contributed by atoms with Gasteiger partial charge in [-0.25, -0.2) is 4.39 Å². The Morgan fingerprint density at radius 3 is 2.56 bits per heavy atom. The van der Waals surface area contributed by atoms with E-state index in [1.807, 2.05) is 0 Å². The Labute approximate surface area is 100 Å². The van der Waals surface area contributed by atoms with Gasteiger partial charge in [0.2, 0.25) is 0 Å². The van der Waals surface area contributed by atoms with E-state index in [-0.39, 0.29) is 21.5 Å². The van der Waals surface area contributed by atoms with E-state index in [0.29, 0.717) is 0 Å². The lowest BCUT2D eigenvalue weighted by Gasteiger charge is -2.13. The summed E-state index contributed by atoms with van der Waals surface area (Å²) in [5.41, 5.74) is -0.0405. The zero-order valence-electron chi connectivity index (χ0n) is 8.71. The SMILES string of the molecule is COc1cc(Br)c(F)c(CC(=O)O)c1OC. The Morgan fingerprint density at radius 2 is 2.12 bits per heavy atom. The molecule has 0 aliphatic rings. The maximum absolute atomic E-state index is 13.7. The van der Waals surface area contributed by atoms with Gasteiger partial charge >= 0.3 is 5.97 Å². The van der Waals surface area contributed by atoms with Gasteiger partial charge in [-0.3, -0.25) is 4.79 Å². The van der Waals surface area contributed by atoms with Crippen LogP contribution in [0.15, 0.2) is 10.5 Å². The zero-order valence-corrected chi connectivity index (χ0v) is 10.3. The molecule has 0 saturated heterocycles. The molecule has 1 aromatic rings. The predicted molar refractivity (Wildman–Crippen MR) is 58.5 cm³/mol. The van der Waals surface area contributed by atoms with Gasteiger partial charge in [-0.1, -0.05) is 0 Å². The second kappa shape index (κ2) is 5.16. The van der Waals surface area contributed by atoms with E-state index in [2.05, 4.69) is 15.9 Å². The third kappa shape index (κ3) is 2.44. The molecule has 1 N–H and O–H groups in total. The first kappa shape index (κ1) is 12.8. The van der Waals surface area contributed by atoms with Crippen molar-refractivity contribution < 1.29 is 23.8 Å². The van der Waals surface area contributed by atoms with Crippen molar-refractivity contribution in [1.82, 2.24) is 0 Å². The number of methoxy groups -OCH3 is 2. The molecule has 0 radical (unpaired) electrons. The second-order valence-corrected chi connectivity index (χ2v) is 3.81. The fourth-order valence-electron chi connectivity index (χ4n) is 1.32. The minimum Gasteiger partial charge on any atom is -0.493 e. The Kier molecular flexibility index (Phi) is 4.12. The molecule has 0 amide bonds. The number of carboxylic acid groups (broad SMARTS) is 1. The highest BCUT2D eigenvalue weighted by molar-refractivity contribution is 9.10. The van der Waals surface area contributed by atoms with Crippen LogP contribution in [0, 0.1) is 5.82 Å². The maximum Gasteiger partial charge on any atom is 0.308 e. The van der Waals surface area contributed by atoms with E-state index >= 15 is 0 Å². The van der Waals surface area contributed by atoms with Gasteiger partial charge in [0.15, 0.2) is 11.5 Å². The van der Waals surface area contributed by atoms with Crippen LogP contribution in [0.25, 0.3) is 0 Å². The van der Waals surface area contributed by atoms with Crippen LogP contribution in [0.5, 0.6) is 11.5 Å². The normalized spacial score (nSPS) is 10.0. The average Bonchev–Trinajstić information content (AvgIpc) is 2.23. The molecular weight excluding hydrogens is 283 g/mol. The molecule has 0 bridgehead atoms. The molecule has 0 saturated carbocycles. The van der Waals surface area contributed by atoms with Crippen LogP contribution in [-0.4, -0.2) is 25.3 Å². The number of aliphatic carboxylic acids is 1. The summed E-state index contributed by atoms with van der Waals surface area (Å²) in [6, 6.07) is 1.39. The zero-order chi connectivity index (χ0) is 12.3. The molecular formula is C10H10BrFO4. The Hall–Kier alpha value is -1.30. The lowest BCUT2D eigenvalue weighted by molar-refractivity contribution is -0.136. The number of carbonyl (C=O) groups is 1. The van der Waals surface area contributed by atoms with Crippen molar-refractivity contribution in [3.63, 3.8) is 0 Å². The summed E-state index contributed by atoms with van der Waals surface area (Å²) in [6.07, 6.45) is -0.467. The number of carboxylic acids is 1. The highest BCUT2D eigenvalue weighted by atomic mass is 79.9. The van der Waals surface area contributed by atoms with Crippen molar-refractivity contribution in [3.8, 4) is 11.5 Å². The minimum absolute atomic E-state index is 0.0405. The summed E-state index contributed by atoms with van der Waals surface area (Å²) in [6.45, 7) is 0. The van der Waals surface area contributed by atoms with E-state index in [9.17, 15) is 9.18 Å². The van der Waals surface area contributed by atoms with Crippen LogP contribution < -0.4 is 9.47 Å². The van der Waals surface area contributed by atoms with E-state index in [0.717, 1.165) is 0 Å². The number of rotatable bonds is 4. The molecule has 1 rings (SSSR count). The first-order valence-corrected chi connectivity index (χ1v) is 5.11. The van der Waals surface area contributed by atoms with Crippen LogP contribution in [0.4, 0.5) is 4.39 Å². The molecule has 0 unspecified atom stereocenters. The van der Waals surface area contributed by atoms with Crippen molar-refractivity contribution >= 4 is 21.9 Å². The maximum atomic E-state index is 13.7. The van der Waals surface area contributed by atoms with Crippen molar-refractivity contribution in [2.75, 3.05) is 14.2 Å². The van der Waals surface area contributed by atoms with Gasteiger partial charge in [-0.05, 0) is 15.9 Å². The number of hydrogen-bond donors (Lipinski definition) is 1. The van der Waals surface area contributed by atoms with Crippen LogP contribution in [0.3, 0.4) is 0 Å². The van der Waals surface area contributed by atoms with E-state index in [1.165, 1.54) is 20.3 Å². The smallest absolute Gasteiger partial charge is 0.308 e. The summed E-state index contributed by atoms with van der Waals surface area (Å²) >= 11 is 2.99. The van der Waals surface area contributed by atoms with Crippen molar-refractivity contribution in [1.29, 1.82) is 0 Å². The molecule has 0 aromatic heterocycles. The number of ether oxygens (including phenoxy) is 2.